The van der Waals surface area contributed by atoms with Crippen molar-refractivity contribution in [2.75, 3.05) is 6.61 Å². The van der Waals surface area contributed by atoms with Crippen molar-refractivity contribution < 1.29 is 9.84 Å². The molecule has 2 nitrogen and oxygen atoms in total. The Labute approximate surface area is 104 Å². The van der Waals surface area contributed by atoms with E-state index in [-0.39, 0.29) is 6.10 Å². The van der Waals surface area contributed by atoms with Gasteiger partial charge in [-0.05, 0) is 23.5 Å². The van der Waals surface area contributed by atoms with Crippen molar-refractivity contribution in [2.45, 2.75) is 45.3 Å². The van der Waals surface area contributed by atoms with E-state index in [4.69, 9.17) is 4.74 Å². The molecule has 2 rings (SSSR count). The highest BCUT2D eigenvalue weighted by Crippen LogP contribution is 2.33. The Hall–Kier alpha value is -0.860. The normalized spacial score (nSPS) is 24.6. The third kappa shape index (κ3) is 2.88. The average molecular weight is 234 g/mol. The molecule has 0 aliphatic heterocycles. The molecule has 1 N–H and O–H groups in total. The lowest BCUT2D eigenvalue weighted by Gasteiger charge is -2.19. The van der Waals surface area contributed by atoms with Gasteiger partial charge in [-0.1, -0.05) is 44.5 Å². The lowest BCUT2D eigenvalue weighted by atomic mass is 10.1. The number of benzene rings is 1. The van der Waals surface area contributed by atoms with Crippen LogP contribution in [0, 0.1) is 5.92 Å². The molecule has 0 saturated heterocycles. The summed E-state index contributed by atoms with van der Waals surface area (Å²) in [6.07, 6.45) is 2.73. The summed E-state index contributed by atoms with van der Waals surface area (Å²) in [5.41, 5.74) is 2.27. The number of hydrogen-bond donors (Lipinski definition) is 1. The first-order valence-electron chi connectivity index (χ1n) is 6.59. The number of ether oxygens (including phenoxy) is 1. The first-order chi connectivity index (χ1) is 8.22. The monoisotopic (exact) mass is 234 g/mol. The molecule has 0 bridgehead atoms. The quantitative estimate of drug-likeness (QED) is 0.848. The highest BCUT2D eigenvalue weighted by Gasteiger charge is 2.31. The van der Waals surface area contributed by atoms with Crippen LogP contribution in [0.2, 0.25) is 0 Å². The van der Waals surface area contributed by atoms with E-state index in [2.05, 4.69) is 19.9 Å². The molecule has 1 aliphatic rings. The van der Waals surface area contributed by atoms with Crippen LogP contribution >= 0.6 is 0 Å². The molecule has 0 spiro atoms. The van der Waals surface area contributed by atoms with Crippen LogP contribution in [-0.4, -0.2) is 17.8 Å². The SMILES string of the molecule is CCCC(C)COC1Cc2ccccc2C1O. The summed E-state index contributed by atoms with van der Waals surface area (Å²) in [5, 5.41) is 10.2. The summed E-state index contributed by atoms with van der Waals surface area (Å²) >= 11 is 0. The van der Waals surface area contributed by atoms with Gasteiger partial charge in [-0.3, -0.25) is 0 Å². The molecule has 0 fully saturated rings. The van der Waals surface area contributed by atoms with E-state index in [0.29, 0.717) is 5.92 Å². The first kappa shape index (κ1) is 12.6. The third-order valence-electron chi connectivity index (χ3n) is 3.52. The number of aliphatic hydroxyl groups is 1. The average Bonchev–Trinajstić information content (AvgIpc) is 2.65. The van der Waals surface area contributed by atoms with E-state index in [1.165, 1.54) is 18.4 Å². The van der Waals surface area contributed by atoms with Crippen LogP contribution in [0.4, 0.5) is 0 Å². The summed E-state index contributed by atoms with van der Waals surface area (Å²) in [6, 6.07) is 8.08. The molecular formula is C15H22O2. The van der Waals surface area contributed by atoms with Gasteiger partial charge in [-0.2, -0.15) is 0 Å². The fourth-order valence-corrected chi connectivity index (χ4v) is 2.55. The molecule has 0 amide bonds. The zero-order valence-corrected chi connectivity index (χ0v) is 10.7. The Morgan fingerprint density at radius 3 is 2.88 bits per heavy atom. The van der Waals surface area contributed by atoms with E-state index < -0.39 is 6.10 Å². The maximum atomic E-state index is 10.2. The Morgan fingerprint density at radius 1 is 1.41 bits per heavy atom. The predicted molar refractivity (Wildman–Crippen MR) is 68.9 cm³/mol. The van der Waals surface area contributed by atoms with E-state index in [1.807, 2.05) is 18.2 Å². The van der Waals surface area contributed by atoms with Crippen LogP contribution in [0.5, 0.6) is 0 Å². The van der Waals surface area contributed by atoms with Crippen LogP contribution in [0.15, 0.2) is 24.3 Å². The van der Waals surface area contributed by atoms with Crippen LogP contribution in [0.3, 0.4) is 0 Å². The molecule has 94 valence electrons. The van der Waals surface area contributed by atoms with E-state index >= 15 is 0 Å². The lowest BCUT2D eigenvalue weighted by molar-refractivity contribution is -0.0396. The van der Waals surface area contributed by atoms with E-state index in [0.717, 1.165) is 18.6 Å². The predicted octanol–water partition coefficient (Wildman–Crippen LogP) is 3.10. The minimum Gasteiger partial charge on any atom is -0.386 e. The molecule has 0 heterocycles. The van der Waals surface area contributed by atoms with Crippen molar-refractivity contribution in [2.24, 2.45) is 5.92 Å². The van der Waals surface area contributed by atoms with Crippen molar-refractivity contribution in [3.8, 4) is 0 Å². The Balaban J connectivity index is 1.89. The topological polar surface area (TPSA) is 29.5 Å². The van der Waals surface area contributed by atoms with Gasteiger partial charge in [0.2, 0.25) is 0 Å². The second-order valence-electron chi connectivity index (χ2n) is 5.11. The standard InChI is InChI=1S/C15H22O2/c1-3-6-11(2)10-17-14-9-12-7-4-5-8-13(12)15(14)16/h4-5,7-8,11,14-16H,3,6,9-10H2,1-2H3. The molecule has 1 aromatic rings. The van der Waals surface area contributed by atoms with Gasteiger partial charge < -0.3 is 9.84 Å². The lowest BCUT2D eigenvalue weighted by Crippen LogP contribution is -2.21. The van der Waals surface area contributed by atoms with Gasteiger partial charge in [0.05, 0.1) is 6.10 Å². The molecule has 0 aromatic heterocycles. The van der Waals surface area contributed by atoms with E-state index in [9.17, 15) is 5.11 Å². The van der Waals surface area contributed by atoms with Crippen molar-refractivity contribution in [1.29, 1.82) is 0 Å². The van der Waals surface area contributed by atoms with Gasteiger partial charge in [0.1, 0.15) is 6.10 Å². The number of hydrogen-bond acceptors (Lipinski definition) is 2. The molecule has 3 atom stereocenters. The van der Waals surface area contributed by atoms with Gasteiger partial charge >= 0.3 is 0 Å². The Morgan fingerprint density at radius 2 is 2.18 bits per heavy atom. The second kappa shape index (κ2) is 5.65. The zero-order valence-electron chi connectivity index (χ0n) is 10.7. The fraction of sp³-hybridized carbons (Fsp3) is 0.600. The molecule has 1 aliphatic carbocycles. The van der Waals surface area contributed by atoms with Crippen LogP contribution < -0.4 is 0 Å². The van der Waals surface area contributed by atoms with Gasteiger partial charge in [0.15, 0.2) is 0 Å². The summed E-state index contributed by atoms with van der Waals surface area (Å²) in [4.78, 5) is 0. The highest BCUT2D eigenvalue weighted by atomic mass is 16.5. The van der Waals surface area contributed by atoms with Crippen molar-refractivity contribution in [1.82, 2.24) is 0 Å². The van der Waals surface area contributed by atoms with Crippen molar-refractivity contribution in [3.05, 3.63) is 35.4 Å². The Bertz CT molecular complexity index is 362. The van der Waals surface area contributed by atoms with E-state index in [1.54, 1.807) is 0 Å². The zero-order chi connectivity index (χ0) is 12.3. The van der Waals surface area contributed by atoms with Crippen LogP contribution in [0.1, 0.15) is 43.9 Å². The maximum Gasteiger partial charge on any atom is 0.106 e. The number of aliphatic hydroxyl groups excluding tert-OH is 1. The Kier molecular flexibility index (Phi) is 4.19. The fourth-order valence-electron chi connectivity index (χ4n) is 2.55. The van der Waals surface area contributed by atoms with Crippen molar-refractivity contribution >= 4 is 0 Å². The molecule has 3 unspecified atom stereocenters. The second-order valence-corrected chi connectivity index (χ2v) is 5.11. The largest absolute Gasteiger partial charge is 0.386 e. The molecule has 0 radical (unpaired) electrons. The molecule has 0 saturated carbocycles. The minimum atomic E-state index is -0.444. The third-order valence-corrected chi connectivity index (χ3v) is 3.52. The van der Waals surface area contributed by atoms with Gasteiger partial charge in [0, 0.05) is 13.0 Å². The molecule has 1 aromatic carbocycles. The van der Waals surface area contributed by atoms with Crippen LogP contribution in [0.25, 0.3) is 0 Å². The molecule has 2 heteroatoms. The smallest absolute Gasteiger partial charge is 0.106 e. The van der Waals surface area contributed by atoms with Crippen molar-refractivity contribution in [3.63, 3.8) is 0 Å². The minimum absolute atomic E-state index is 0.0493. The molecule has 17 heavy (non-hydrogen) atoms. The maximum absolute atomic E-state index is 10.2. The summed E-state index contributed by atoms with van der Waals surface area (Å²) in [6.45, 7) is 5.15. The van der Waals surface area contributed by atoms with Gasteiger partial charge in [-0.25, -0.2) is 0 Å². The molecular weight excluding hydrogens is 212 g/mol. The number of rotatable bonds is 5. The highest BCUT2D eigenvalue weighted by molar-refractivity contribution is 5.35. The van der Waals surface area contributed by atoms with Gasteiger partial charge in [0.25, 0.3) is 0 Å². The van der Waals surface area contributed by atoms with Gasteiger partial charge in [-0.15, -0.1) is 0 Å². The summed E-state index contributed by atoms with van der Waals surface area (Å²) < 4.78 is 5.86. The first-order valence-corrected chi connectivity index (χ1v) is 6.59. The summed E-state index contributed by atoms with van der Waals surface area (Å²) in [5.74, 6) is 0.580. The number of fused-ring (bicyclic) bond motifs is 1. The summed E-state index contributed by atoms with van der Waals surface area (Å²) in [7, 11) is 0. The van der Waals surface area contributed by atoms with Crippen LogP contribution in [-0.2, 0) is 11.2 Å².